The van der Waals surface area contributed by atoms with Gasteiger partial charge in [-0.05, 0) is 46.5 Å². The lowest BCUT2D eigenvalue weighted by Crippen LogP contribution is -2.12. The fourth-order valence-electron chi connectivity index (χ4n) is 3.80. The van der Waals surface area contributed by atoms with Crippen molar-refractivity contribution in [3.63, 3.8) is 0 Å². The smallest absolute Gasteiger partial charge is 0.196 e. The molecule has 0 radical (unpaired) electrons. The minimum atomic E-state index is -3.16. The van der Waals surface area contributed by atoms with E-state index in [1.165, 1.54) is 15.9 Å². The molecule has 6 heteroatoms. The van der Waals surface area contributed by atoms with Gasteiger partial charge in [0.05, 0.1) is 16.7 Å². The van der Waals surface area contributed by atoms with Crippen LogP contribution in [0.5, 0.6) is 0 Å². The maximum Gasteiger partial charge on any atom is 0.299 e. The molecule has 2 nitrogen and oxygen atoms in total. The molecule has 3 aromatic rings. The summed E-state index contributed by atoms with van der Waals surface area (Å²) in [5, 5.41) is 18.2. The van der Waals surface area contributed by atoms with Gasteiger partial charge in [-0.2, -0.15) is 19.3 Å². The first-order chi connectivity index (χ1) is 14.0. The monoisotopic (exact) mass is 418 g/mol. The molecule has 0 bridgehead atoms. The average Bonchev–Trinajstić information content (AvgIpc) is 3.26. The summed E-state index contributed by atoms with van der Waals surface area (Å²) in [6.45, 7) is 0. The molecule has 0 saturated carbocycles. The molecule has 1 heterocycles. The highest BCUT2D eigenvalue weighted by molar-refractivity contribution is 8.18. The second-order valence-electron chi connectivity index (χ2n) is 6.89. The van der Waals surface area contributed by atoms with Gasteiger partial charge >= 0.3 is 0 Å². The van der Waals surface area contributed by atoms with Gasteiger partial charge in [-0.25, -0.2) is 0 Å². The van der Waals surface area contributed by atoms with Crippen LogP contribution in [0.4, 0.5) is 8.78 Å². The highest BCUT2D eigenvalue weighted by Crippen LogP contribution is 2.58. The van der Waals surface area contributed by atoms with Gasteiger partial charge in [-0.15, -0.1) is 23.5 Å². The van der Waals surface area contributed by atoms with Crippen LogP contribution in [0.3, 0.4) is 0 Å². The van der Waals surface area contributed by atoms with Crippen molar-refractivity contribution < 1.29 is 8.78 Å². The minimum Gasteiger partial charge on any atom is -0.196 e. The summed E-state index contributed by atoms with van der Waals surface area (Å²) >= 11 is 3.35. The molecule has 5 rings (SSSR count). The van der Waals surface area contributed by atoms with Crippen LogP contribution < -0.4 is 0 Å². The Morgan fingerprint density at radius 1 is 0.828 bits per heavy atom. The zero-order valence-electron chi connectivity index (χ0n) is 14.9. The normalized spacial score (nSPS) is 16.0. The van der Waals surface area contributed by atoms with E-state index in [1.54, 1.807) is 47.8 Å². The molecule has 140 valence electrons. The van der Waals surface area contributed by atoms with Gasteiger partial charge in [0.2, 0.25) is 0 Å². The van der Waals surface area contributed by atoms with Crippen LogP contribution in [-0.4, -0.2) is 0 Å². The molecule has 0 aromatic heterocycles. The number of benzene rings is 3. The lowest BCUT2D eigenvalue weighted by atomic mass is 9.96. The maximum atomic E-state index is 15.3. The summed E-state index contributed by atoms with van der Waals surface area (Å²) in [6, 6.07) is 21.6. The molecule has 0 fully saturated rings. The molecule has 3 aromatic carbocycles. The van der Waals surface area contributed by atoms with Crippen molar-refractivity contribution in [3.05, 3.63) is 82.9 Å². The van der Waals surface area contributed by atoms with Crippen LogP contribution in [0.25, 0.3) is 11.1 Å². The fourth-order valence-corrected chi connectivity index (χ4v) is 6.61. The maximum absolute atomic E-state index is 15.3. The number of nitrogens with zero attached hydrogens (tertiary/aromatic N) is 2. The van der Waals surface area contributed by atoms with E-state index < -0.39 is 11.8 Å². The van der Waals surface area contributed by atoms with Crippen molar-refractivity contribution in [2.45, 2.75) is 26.2 Å². The van der Waals surface area contributed by atoms with E-state index in [0.29, 0.717) is 16.7 Å². The van der Waals surface area contributed by atoms with Crippen LogP contribution >= 0.6 is 23.5 Å². The zero-order valence-corrected chi connectivity index (χ0v) is 16.5. The van der Waals surface area contributed by atoms with Crippen molar-refractivity contribution in [1.29, 1.82) is 10.5 Å². The van der Waals surface area contributed by atoms with Crippen LogP contribution in [0.15, 0.2) is 70.5 Å². The second kappa shape index (κ2) is 6.62. The van der Waals surface area contributed by atoms with E-state index >= 15 is 8.78 Å². The highest BCUT2D eigenvalue weighted by Gasteiger charge is 2.45. The molecule has 0 saturated heterocycles. The lowest BCUT2D eigenvalue weighted by Gasteiger charge is -2.15. The Bertz CT molecular complexity index is 1200. The molecular formula is C23H12F2N2S2. The van der Waals surface area contributed by atoms with Gasteiger partial charge in [0, 0.05) is 20.9 Å². The van der Waals surface area contributed by atoms with Crippen molar-refractivity contribution in [1.82, 2.24) is 0 Å². The zero-order chi connectivity index (χ0) is 20.2. The summed E-state index contributed by atoms with van der Waals surface area (Å²) < 4.78 is 30.7. The van der Waals surface area contributed by atoms with Crippen molar-refractivity contribution in [2.24, 2.45) is 0 Å². The lowest BCUT2D eigenvalue weighted by molar-refractivity contribution is 0.0479. The summed E-state index contributed by atoms with van der Waals surface area (Å²) in [5.41, 5.74) is 1.99. The Morgan fingerprint density at radius 3 is 2.03 bits per heavy atom. The third kappa shape index (κ3) is 2.75. The van der Waals surface area contributed by atoms with Gasteiger partial charge in [-0.1, -0.05) is 36.4 Å². The number of rotatable bonds is 2. The number of alkyl halides is 2. The van der Waals surface area contributed by atoms with Crippen LogP contribution in [0, 0.1) is 22.7 Å². The molecule has 0 atom stereocenters. The second-order valence-corrected chi connectivity index (χ2v) is 9.48. The van der Waals surface area contributed by atoms with Crippen LogP contribution in [-0.2, 0) is 5.92 Å². The number of halogens is 2. The molecule has 0 spiro atoms. The average molecular weight is 418 g/mol. The Morgan fingerprint density at radius 2 is 1.41 bits per heavy atom. The number of thioether (sulfide) groups is 2. The predicted molar refractivity (Wildman–Crippen MR) is 110 cm³/mol. The largest absolute Gasteiger partial charge is 0.299 e. The third-order valence-corrected chi connectivity index (χ3v) is 8.13. The standard InChI is InChI=1S/C23H12F2N2S2/c24-23(25)18-9-13(15(11-26)12-27)5-7-16(18)17-8-6-14(10-19(17)23)22-28-20-3-1-2-4-21(20)29-22/h1-10,15,22H. The van der Waals surface area contributed by atoms with Crippen LogP contribution in [0.1, 0.15) is 32.8 Å². The summed E-state index contributed by atoms with van der Waals surface area (Å²) in [7, 11) is 0. The molecule has 0 unspecified atom stereocenters. The third-order valence-electron chi connectivity index (χ3n) is 5.23. The van der Waals surface area contributed by atoms with Gasteiger partial charge in [-0.3, -0.25) is 0 Å². The first kappa shape index (κ1) is 18.2. The number of hydrogen-bond acceptors (Lipinski definition) is 4. The van der Waals surface area contributed by atoms with E-state index in [4.69, 9.17) is 10.5 Å². The molecule has 1 aliphatic heterocycles. The molecule has 1 aliphatic carbocycles. The fraction of sp³-hybridized carbons (Fsp3) is 0.130. The van der Waals surface area contributed by atoms with Crippen molar-refractivity contribution in [2.75, 3.05) is 0 Å². The Hall–Kier alpha value is -2.80. The van der Waals surface area contributed by atoms with Gasteiger partial charge in [0.1, 0.15) is 0 Å². The van der Waals surface area contributed by atoms with Gasteiger partial charge < -0.3 is 0 Å². The molecule has 2 aliphatic rings. The quantitative estimate of drug-likeness (QED) is 0.457. The van der Waals surface area contributed by atoms with Crippen LogP contribution in [0.2, 0.25) is 0 Å². The topological polar surface area (TPSA) is 47.6 Å². The molecule has 29 heavy (non-hydrogen) atoms. The number of fused-ring (bicyclic) bond motifs is 4. The summed E-state index contributed by atoms with van der Waals surface area (Å²) in [4.78, 5) is 2.34. The molecule has 0 N–H and O–H groups in total. The van der Waals surface area contributed by atoms with E-state index in [0.717, 1.165) is 5.56 Å². The van der Waals surface area contributed by atoms with E-state index in [1.807, 2.05) is 42.5 Å². The number of nitriles is 2. The molecular weight excluding hydrogens is 406 g/mol. The van der Waals surface area contributed by atoms with E-state index in [-0.39, 0.29) is 15.7 Å². The summed E-state index contributed by atoms with van der Waals surface area (Å²) in [5.74, 6) is -4.22. The van der Waals surface area contributed by atoms with Crippen molar-refractivity contribution >= 4 is 23.5 Å². The van der Waals surface area contributed by atoms with Gasteiger partial charge in [0.15, 0.2) is 5.92 Å². The van der Waals surface area contributed by atoms with Crippen molar-refractivity contribution in [3.8, 4) is 23.3 Å². The SMILES string of the molecule is N#CC(C#N)c1ccc2c(c1)C(F)(F)c1cc(C3Sc4ccccc4S3)ccc1-2. The Labute approximate surface area is 175 Å². The first-order valence-corrected chi connectivity index (χ1v) is 10.7. The van der Waals surface area contributed by atoms with Gasteiger partial charge in [0.25, 0.3) is 5.92 Å². The predicted octanol–water partition coefficient (Wildman–Crippen LogP) is 6.83. The highest BCUT2D eigenvalue weighted by atomic mass is 32.2. The first-order valence-electron chi connectivity index (χ1n) is 8.91. The Kier molecular flexibility index (Phi) is 4.17. The molecule has 0 amide bonds. The summed E-state index contributed by atoms with van der Waals surface area (Å²) in [6.07, 6.45) is 0. The van der Waals surface area contributed by atoms with E-state index in [2.05, 4.69) is 0 Å². The Balaban J connectivity index is 1.55. The minimum absolute atomic E-state index is 0.00947. The van der Waals surface area contributed by atoms with E-state index in [9.17, 15) is 0 Å². The number of hydrogen-bond donors (Lipinski definition) is 0.